The molecule has 2 amide bonds. The second-order valence-electron chi connectivity index (χ2n) is 12.1. The van der Waals surface area contributed by atoms with Crippen LogP contribution in [0.1, 0.15) is 60.1 Å². The predicted molar refractivity (Wildman–Crippen MR) is 149 cm³/mol. The highest BCUT2D eigenvalue weighted by Crippen LogP contribution is 2.44. The molecule has 3 aliphatic rings. The van der Waals surface area contributed by atoms with Crippen LogP contribution >= 0.6 is 0 Å². The van der Waals surface area contributed by atoms with Gasteiger partial charge in [0.15, 0.2) is 0 Å². The van der Waals surface area contributed by atoms with Crippen LogP contribution in [0.4, 0.5) is 13.2 Å². The molecule has 0 unspecified atom stereocenters. The van der Waals surface area contributed by atoms with Crippen LogP contribution in [0.5, 0.6) is 0 Å². The van der Waals surface area contributed by atoms with Gasteiger partial charge in [0.25, 0.3) is 5.91 Å². The van der Waals surface area contributed by atoms with Gasteiger partial charge in [0.2, 0.25) is 5.91 Å². The number of aliphatic hydroxyl groups is 1. The molecule has 0 bridgehead atoms. The highest BCUT2D eigenvalue weighted by atomic mass is 19.4. The Morgan fingerprint density at radius 2 is 1.84 bits per heavy atom. The molecule has 228 valence electrons. The van der Waals surface area contributed by atoms with Crippen LogP contribution < -0.4 is 5.32 Å². The molecule has 2 saturated heterocycles. The van der Waals surface area contributed by atoms with Gasteiger partial charge in [0, 0.05) is 36.7 Å². The minimum Gasteiger partial charge on any atom is -0.384 e. The van der Waals surface area contributed by atoms with Gasteiger partial charge < -0.3 is 15.3 Å². The number of carbonyl (C=O) groups is 2. The second-order valence-corrected chi connectivity index (χ2v) is 12.1. The summed E-state index contributed by atoms with van der Waals surface area (Å²) >= 11 is 0. The van der Waals surface area contributed by atoms with E-state index in [2.05, 4.69) is 25.3 Å². The molecule has 43 heavy (non-hydrogen) atoms. The van der Waals surface area contributed by atoms with Gasteiger partial charge in [-0.05, 0) is 75.4 Å². The van der Waals surface area contributed by atoms with Crippen LogP contribution in [-0.4, -0.2) is 85.2 Å². The second kappa shape index (κ2) is 11.3. The summed E-state index contributed by atoms with van der Waals surface area (Å²) in [6, 6.07) is 8.26. The number of nitrogens with zero attached hydrogens (tertiary/aromatic N) is 6. The van der Waals surface area contributed by atoms with Gasteiger partial charge in [0.1, 0.15) is 18.3 Å². The van der Waals surface area contributed by atoms with Gasteiger partial charge in [0.05, 0.1) is 29.7 Å². The lowest BCUT2D eigenvalue weighted by molar-refractivity contribution is -0.137. The summed E-state index contributed by atoms with van der Waals surface area (Å²) in [5, 5.41) is 18.0. The fraction of sp³-hybridized carbons (Fsp3) is 0.500. The number of nitrogens with one attached hydrogen (secondary N) is 1. The number of benzene rings is 1. The zero-order valence-electron chi connectivity index (χ0n) is 23.6. The Morgan fingerprint density at radius 1 is 1.05 bits per heavy atom. The monoisotopic (exact) mass is 597 g/mol. The number of amides is 2. The zero-order chi connectivity index (χ0) is 30.2. The summed E-state index contributed by atoms with van der Waals surface area (Å²) in [6.45, 7) is 2.74. The van der Waals surface area contributed by atoms with Gasteiger partial charge in [-0.2, -0.15) is 18.3 Å². The largest absolute Gasteiger partial charge is 0.416 e. The molecular weight excluding hydrogens is 563 g/mol. The van der Waals surface area contributed by atoms with Crippen molar-refractivity contribution < 1.29 is 27.9 Å². The van der Waals surface area contributed by atoms with E-state index in [-0.39, 0.29) is 23.4 Å². The smallest absolute Gasteiger partial charge is 0.384 e. The number of rotatable bonds is 6. The number of carbonyl (C=O) groups excluding carboxylic acids is 2. The van der Waals surface area contributed by atoms with E-state index in [1.807, 2.05) is 12.1 Å². The van der Waals surface area contributed by atoms with E-state index >= 15 is 0 Å². The summed E-state index contributed by atoms with van der Waals surface area (Å²) < 4.78 is 40.6. The maximum atomic E-state index is 13.0. The molecule has 2 aliphatic heterocycles. The van der Waals surface area contributed by atoms with Crippen molar-refractivity contribution in [3.63, 3.8) is 0 Å². The fourth-order valence-electron chi connectivity index (χ4n) is 6.81. The maximum Gasteiger partial charge on any atom is 0.416 e. The van der Waals surface area contributed by atoms with E-state index in [1.54, 1.807) is 22.1 Å². The average molecular weight is 598 g/mol. The van der Waals surface area contributed by atoms with Crippen LogP contribution in [0.2, 0.25) is 0 Å². The summed E-state index contributed by atoms with van der Waals surface area (Å²) in [6.07, 6.45) is 4.98. The molecular formula is C30H34F3N7O3. The number of hydrogen-bond acceptors (Lipinski definition) is 7. The molecule has 1 spiro atoms. The normalized spacial score (nSPS) is 26.2. The summed E-state index contributed by atoms with van der Waals surface area (Å²) in [4.78, 5) is 38.1. The lowest BCUT2D eigenvalue weighted by Crippen LogP contribution is -2.43. The summed E-state index contributed by atoms with van der Waals surface area (Å²) in [7, 11) is 0. The fourth-order valence-corrected chi connectivity index (χ4v) is 6.81. The Morgan fingerprint density at radius 3 is 2.53 bits per heavy atom. The molecule has 2 aromatic heterocycles. The van der Waals surface area contributed by atoms with Crippen molar-refractivity contribution in [3.8, 4) is 5.69 Å². The molecule has 10 nitrogen and oxygen atoms in total. The molecule has 3 aromatic rings. The van der Waals surface area contributed by atoms with Crippen molar-refractivity contribution in [2.24, 2.45) is 5.41 Å². The van der Waals surface area contributed by atoms with E-state index in [0.29, 0.717) is 37.7 Å². The molecule has 1 aliphatic carbocycles. The van der Waals surface area contributed by atoms with Crippen molar-refractivity contribution in [2.75, 3.05) is 32.7 Å². The minimum atomic E-state index is -4.55. The summed E-state index contributed by atoms with van der Waals surface area (Å²) in [5.41, 5.74) is -0.570. The third kappa shape index (κ3) is 6.14. The van der Waals surface area contributed by atoms with E-state index in [9.17, 15) is 27.9 Å². The van der Waals surface area contributed by atoms with Crippen LogP contribution in [-0.2, 0) is 16.6 Å². The van der Waals surface area contributed by atoms with Crippen LogP contribution in [0.15, 0.2) is 55.2 Å². The quantitative estimate of drug-likeness (QED) is 0.449. The maximum absolute atomic E-state index is 13.0. The molecule has 4 heterocycles. The first-order valence-electron chi connectivity index (χ1n) is 14.5. The lowest BCUT2D eigenvalue weighted by Gasteiger charge is -2.39. The van der Waals surface area contributed by atoms with Crippen molar-refractivity contribution in [1.82, 2.24) is 34.9 Å². The SMILES string of the molecule is O=C(NCC(=O)N1CC[C@]2(CCN(C3CCC(O)(c4ccc(-n5cncn5)cn4)CC3)C2)C1)c1cccc(C(F)(F)F)c1. The Balaban J connectivity index is 0.981. The third-order valence-corrected chi connectivity index (χ3v) is 9.32. The Kier molecular flexibility index (Phi) is 7.71. The summed E-state index contributed by atoms with van der Waals surface area (Å²) in [5.74, 6) is -0.945. The van der Waals surface area contributed by atoms with E-state index in [1.165, 1.54) is 18.5 Å². The zero-order valence-corrected chi connectivity index (χ0v) is 23.6. The first kappa shape index (κ1) is 29.2. The number of alkyl halides is 3. The standard InChI is InChI=1S/C30H34F3N7O3/c31-30(32,33)22-3-1-2-21(14-22)27(42)36-16-26(41)39-13-11-28(18-39)10-12-38(17-28)23-6-8-29(43,9-7-23)25-5-4-24(15-35-25)40-20-34-19-37-40/h1-5,14-15,19-20,23,43H,6-13,16-18H2,(H,36,42)/t23?,28-,29?/m0/s1. The number of halogens is 3. The molecule has 1 saturated carbocycles. The topological polar surface area (TPSA) is 116 Å². The molecule has 1 aromatic carbocycles. The van der Waals surface area contributed by atoms with Crippen molar-refractivity contribution in [2.45, 2.75) is 56.3 Å². The first-order chi connectivity index (χ1) is 20.5. The lowest BCUT2D eigenvalue weighted by atomic mass is 9.79. The number of aromatic nitrogens is 4. The van der Waals surface area contributed by atoms with Crippen LogP contribution in [0.25, 0.3) is 5.69 Å². The predicted octanol–water partition coefficient (Wildman–Crippen LogP) is 3.17. The van der Waals surface area contributed by atoms with Gasteiger partial charge in [-0.25, -0.2) is 9.67 Å². The van der Waals surface area contributed by atoms with Gasteiger partial charge in [-0.3, -0.25) is 19.5 Å². The van der Waals surface area contributed by atoms with Crippen molar-refractivity contribution in [1.29, 1.82) is 0 Å². The van der Waals surface area contributed by atoms with Crippen molar-refractivity contribution >= 4 is 11.8 Å². The number of pyridine rings is 1. The Bertz CT molecular complexity index is 1460. The molecule has 13 heteroatoms. The van der Waals surface area contributed by atoms with Gasteiger partial charge in [-0.1, -0.05) is 6.07 Å². The first-order valence-corrected chi connectivity index (χ1v) is 14.5. The molecule has 3 fully saturated rings. The van der Waals surface area contributed by atoms with E-state index < -0.39 is 23.2 Å². The minimum absolute atomic E-state index is 0.00674. The Hall–Kier alpha value is -3.84. The number of likely N-dealkylation sites (tertiary alicyclic amines) is 2. The van der Waals surface area contributed by atoms with Crippen molar-refractivity contribution in [3.05, 3.63) is 72.1 Å². The molecule has 2 N–H and O–H groups in total. The van der Waals surface area contributed by atoms with Crippen LogP contribution in [0.3, 0.4) is 0 Å². The van der Waals surface area contributed by atoms with Gasteiger partial charge >= 0.3 is 6.18 Å². The highest BCUT2D eigenvalue weighted by molar-refractivity contribution is 5.96. The Labute approximate surface area is 246 Å². The van der Waals surface area contributed by atoms with E-state index in [4.69, 9.17) is 0 Å². The number of hydrogen-bond donors (Lipinski definition) is 2. The third-order valence-electron chi connectivity index (χ3n) is 9.32. The molecule has 0 radical (unpaired) electrons. The average Bonchev–Trinajstić information content (AvgIpc) is 3.78. The van der Waals surface area contributed by atoms with Gasteiger partial charge in [-0.15, -0.1) is 0 Å². The highest BCUT2D eigenvalue weighted by Gasteiger charge is 2.47. The van der Waals surface area contributed by atoms with Crippen LogP contribution in [0, 0.1) is 5.41 Å². The molecule has 6 rings (SSSR count). The van der Waals surface area contributed by atoms with E-state index in [0.717, 1.165) is 56.6 Å². The molecule has 1 atom stereocenters.